The standard InChI is InChI=1S/C28H28N4O/c1-20-12-13-25-24(18-20)26(22-10-6-3-7-11-22)31-28(30-25)32-16-14-23(15-17-32)27(33)29-19-21-8-4-2-5-9-21/h2-13,18,23H,14-17,19H2,1H3,(H,29,33). The normalized spacial score (nSPS) is 14.4. The van der Waals surface area contributed by atoms with E-state index < -0.39 is 0 Å². The van der Waals surface area contributed by atoms with Crippen molar-refractivity contribution >= 4 is 22.8 Å². The van der Waals surface area contributed by atoms with Crippen molar-refractivity contribution in [3.8, 4) is 11.3 Å². The minimum absolute atomic E-state index is 0.0293. The van der Waals surface area contributed by atoms with Crippen LogP contribution >= 0.6 is 0 Å². The molecule has 1 aliphatic heterocycles. The van der Waals surface area contributed by atoms with Crippen molar-refractivity contribution in [1.29, 1.82) is 0 Å². The summed E-state index contributed by atoms with van der Waals surface area (Å²) in [6, 6.07) is 26.7. The van der Waals surface area contributed by atoms with Crippen molar-refractivity contribution in [2.75, 3.05) is 18.0 Å². The van der Waals surface area contributed by atoms with Gasteiger partial charge in [0.1, 0.15) is 0 Å². The summed E-state index contributed by atoms with van der Waals surface area (Å²) in [6.45, 7) is 4.22. The summed E-state index contributed by atoms with van der Waals surface area (Å²) in [7, 11) is 0. The molecule has 0 saturated carbocycles. The Morgan fingerprint density at radius 1 is 0.939 bits per heavy atom. The average molecular weight is 437 g/mol. The number of piperidine rings is 1. The molecule has 4 aromatic rings. The van der Waals surface area contributed by atoms with Gasteiger partial charge in [0.15, 0.2) is 0 Å². The number of benzene rings is 3. The second kappa shape index (κ2) is 9.41. The molecule has 33 heavy (non-hydrogen) atoms. The molecule has 0 atom stereocenters. The quantitative estimate of drug-likeness (QED) is 0.471. The number of rotatable bonds is 5. The summed E-state index contributed by atoms with van der Waals surface area (Å²) < 4.78 is 0. The summed E-state index contributed by atoms with van der Waals surface area (Å²) in [5, 5.41) is 4.16. The van der Waals surface area contributed by atoms with Gasteiger partial charge >= 0.3 is 0 Å². The van der Waals surface area contributed by atoms with Gasteiger partial charge in [0.2, 0.25) is 11.9 Å². The monoisotopic (exact) mass is 436 g/mol. The van der Waals surface area contributed by atoms with Crippen molar-refractivity contribution in [1.82, 2.24) is 15.3 Å². The first kappa shape index (κ1) is 21.1. The molecule has 2 heterocycles. The first-order valence-electron chi connectivity index (χ1n) is 11.6. The molecule has 0 spiro atoms. The number of nitrogens with zero attached hydrogens (tertiary/aromatic N) is 3. The van der Waals surface area contributed by atoms with Crippen LogP contribution < -0.4 is 10.2 Å². The number of anilines is 1. The zero-order chi connectivity index (χ0) is 22.6. The maximum Gasteiger partial charge on any atom is 0.226 e. The van der Waals surface area contributed by atoms with Crippen LogP contribution in [0, 0.1) is 12.8 Å². The van der Waals surface area contributed by atoms with Crippen LogP contribution in [-0.4, -0.2) is 29.0 Å². The minimum atomic E-state index is 0.0293. The summed E-state index contributed by atoms with van der Waals surface area (Å²) in [4.78, 5) is 24.8. The molecule has 166 valence electrons. The van der Waals surface area contributed by atoms with E-state index in [9.17, 15) is 4.79 Å². The number of hydrogen-bond donors (Lipinski definition) is 1. The molecular formula is C28H28N4O. The Morgan fingerprint density at radius 2 is 1.64 bits per heavy atom. The maximum atomic E-state index is 12.7. The summed E-state index contributed by atoms with van der Waals surface area (Å²) in [6.07, 6.45) is 1.60. The van der Waals surface area contributed by atoms with Crippen LogP contribution in [0.5, 0.6) is 0 Å². The molecule has 5 nitrogen and oxygen atoms in total. The van der Waals surface area contributed by atoms with E-state index in [4.69, 9.17) is 9.97 Å². The number of aromatic nitrogens is 2. The number of amides is 1. The van der Waals surface area contributed by atoms with Crippen molar-refractivity contribution in [2.24, 2.45) is 5.92 Å². The molecule has 5 rings (SSSR count). The molecule has 3 aromatic carbocycles. The molecule has 1 fully saturated rings. The number of carbonyl (C=O) groups excluding carboxylic acids is 1. The third kappa shape index (κ3) is 4.72. The van der Waals surface area contributed by atoms with E-state index in [1.165, 1.54) is 5.56 Å². The molecule has 1 saturated heterocycles. The minimum Gasteiger partial charge on any atom is -0.352 e. The molecule has 0 aliphatic carbocycles. The predicted molar refractivity (Wildman–Crippen MR) is 133 cm³/mol. The Balaban J connectivity index is 1.32. The van der Waals surface area contributed by atoms with Crippen LogP contribution in [0.2, 0.25) is 0 Å². The second-order valence-electron chi connectivity index (χ2n) is 8.72. The highest BCUT2D eigenvalue weighted by Crippen LogP contribution is 2.30. The van der Waals surface area contributed by atoms with E-state index in [1.807, 2.05) is 48.5 Å². The Hall–Kier alpha value is -3.73. The van der Waals surface area contributed by atoms with Gasteiger partial charge in [-0.3, -0.25) is 4.79 Å². The molecule has 1 amide bonds. The zero-order valence-electron chi connectivity index (χ0n) is 18.9. The Labute approximate surface area is 194 Å². The van der Waals surface area contributed by atoms with Crippen molar-refractivity contribution in [2.45, 2.75) is 26.3 Å². The van der Waals surface area contributed by atoms with Crippen molar-refractivity contribution < 1.29 is 4.79 Å². The van der Waals surface area contributed by atoms with E-state index in [0.29, 0.717) is 6.54 Å². The van der Waals surface area contributed by atoms with Gasteiger partial charge in [-0.15, -0.1) is 0 Å². The van der Waals surface area contributed by atoms with Crippen molar-refractivity contribution in [3.05, 3.63) is 90.0 Å². The highest BCUT2D eigenvalue weighted by Gasteiger charge is 2.26. The second-order valence-corrected chi connectivity index (χ2v) is 8.72. The van der Waals surface area contributed by atoms with Gasteiger partial charge in [-0.1, -0.05) is 72.3 Å². The molecule has 0 radical (unpaired) electrons. The van der Waals surface area contributed by atoms with Gasteiger partial charge < -0.3 is 10.2 Å². The van der Waals surface area contributed by atoms with Gasteiger partial charge in [-0.2, -0.15) is 0 Å². The van der Waals surface area contributed by atoms with Gasteiger partial charge in [0.25, 0.3) is 0 Å². The van der Waals surface area contributed by atoms with E-state index >= 15 is 0 Å². The lowest BCUT2D eigenvalue weighted by atomic mass is 9.96. The summed E-state index contributed by atoms with van der Waals surface area (Å²) >= 11 is 0. The van der Waals surface area contributed by atoms with E-state index in [0.717, 1.165) is 59.6 Å². The molecule has 1 N–H and O–H groups in total. The van der Waals surface area contributed by atoms with E-state index in [-0.39, 0.29) is 11.8 Å². The van der Waals surface area contributed by atoms with Crippen LogP contribution in [0.25, 0.3) is 22.2 Å². The SMILES string of the molecule is Cc1ccc2nc(N3CCC(C(=O)NCc4ccccc4)CC3)nc(-c3ccccc3)c2c1. The van der Waals surface area contributed by atoms with Crippen LogP contribution in [0.15, 0.2) is 78.9 Å². The lowest BCUT2D eigenvalue weighted by molar-refractivity contribution is -0.125. The number of aryl methyl sites for hydroxylation is 1. The highest BCUT2D eigenvalue weighted by molar-refractivity contribution is 5.93. The van der Waals surface area contributed by atoms with Gasteiger partial charge in [0, 0.05) is 36.5 Å². The third-order valence-electron chi connectivity index (χ3n) is 6.34. The fourth-order valence-corrected chi connectivity index (χ4v) is 4.46. The first-order chi connectivity index (χ1) is 16.2. The van der Waals surface area contributed by atoms with Crippen LogP contribution in [0.3, 0.4) is 0 Å². The molecule has 1 aliphatic rings. The Bertz CT molecular complexity index is 1250. The molecular weight excluding hydrogens is 408 g/mol. The summed E-state index contributed by atoms with van der Waals surface area (Å²) in [5.41, 5.74) is 5.32. The van der Waals surface area contributed by atoms with Gasteiger partial charge in [-0.25, -0.2) is 9.97 Å². The highest BCUT2D eigenvalue weighted by atomic mass is 16.1. The summed E-state index contributed by atoms with van der Waals surface area (Å²) in [5.74, 6) is 0.911. The smallest absolute Gasteiger partial charge is 0.226 e. The fraction of sp³-hybridized carbons (Fsp3) is 0.250. The van der Waals surface area contributed by atoms with Crippen LogP contribution in [-0.2, 0) is 11.3 Å². The number of fused-ring (bicyclic) bond motifs is 1. The fourth-order valence-electron chi connectivity index (χ4n) is 4.46. The van der Waals surface area contributed by atoms with Gasteiger partial charge in [-0.05, 0) is 37.5 Å². The zero-order valence-corrected chi connectivity index (χ0v) is 18.9. The topological polar surface area (TPSA) is 58.1 Å². The Morgan fingerprint density at radius 3 is 2.36 bits per heavy atom. The van der Waals surface area contributed by atoms with E-state index in [1.54, 1.807) is 0 Å². The third-order valence-corrected chi connectivity index (χ3v) is 6.34. The number of carbonyl (C=O) groups is 1. The lowest BCUT2D eigenvalue weighted by Gasteiger charge is -2.31. The Kier molecular flexibility index (Phi) is 6.03. The van der Waals surface area contributed by atoms with E-state index in [2.05, 4.69) is 47.5 Å². The lowest BCUT2D eigenvalue weighted by Crippen LogP contribution is -2.41. The number of hydrogen-bond acceptors (Lipinski definition) is 4. The average Bonchev–Trinajstić information content (AvgIpc) is 2.88. The van der Waals surface area contributed by atoms with Gasteiger partial charge in [0.05, 0.1) is 11.2 Å². The van der Waals surface area contributed by atoms with Crippen LogP contribution in [0.1, 0.15) is 24.0 Å². The van der Waals surface area contributed by atoms with Crippen molar-refractivity contribution in [3.63, 3.8) is 0 Å². The van der Waals surface area contributed by atoms with Crippen LogP contribution in [0.4, 0.5) is 5.95 Å². The molecule has 0 bridgehead atoms. The molecule has 5 heteroatoms. The number of nitrogens with one attached hydrogen (secondary N) is 1. The largest absolute Gasteiger partial charge is 0.352 e. The molecule has 1 aromatic heterocycles. The first-order valence-corrected chi connectivity index (χ1v) is 11.6. The molecule has 0 unspecified atom stereocenters. The predicted octanol–water partition coefficient (Wildman–Crippen LogP) is 5.14. The maximum absolute atomic E-state index is 12.7.